The van der Waals surface area contributed by atoms with Crippen molar-refractivity contribution < 1.29 is 27.1 Å². The molecule has 7 nitrogen and oxygen atoms in total. The molecule has 2 rings (SSSR count). The van der Waals surface area contributed by atoms with Crippen LogP contribution in [0.3, 0.4) is 0 Å². The average molecular weight is 439 g/mol. The smallest absolute Gasteiger partial charge is 0.268 e. The van der Waals surface area contributed by atoms with Crippen LogP contribution in [0, 0.1) is 12.7 Å². The van der Waals surface area contributed by atoms with Gasteiger partial charge in [-0.25, -0.2) is 12.8 Å². The summed E-state index contributed by atoms with van der Waals surface area (Å²) in [4.78, 5) is 12.4. The number of rotatable bonds is 11. The lowest BCUT2D eigenvalue weighted by molar-refractivity contribution is -0.119. The molecule has 2 aromatic carbocycles. The Kier molecular flexibility index (Phi) is 8.61. The van der Waals surface area contributed by atoms with E-state index in [0.29, 0.717) is 31.7 Å². The zero-order chi connectivity index (χ0) is 22.1. The molecule has 9 heteroatoms. The van der Waals surface area contributed by atoms with Gasteiger partial charge in [-0.1, -0.05) is 6.07 Å². The van der Waals surface area contributed by atoms with Crippen molar-refractivity contribution in [1.29, 1.82) is 0 Å². The van der Waals surface area contributed by atoms with Gasteiger partial charge in [0.25, 0.3) is 10.0 Å². The maximum Gasteiger partial charge on any atom is 0.268 e. The Bertz CT molecular complexity index is 948. The lowest BCUT2D eigenvalue weighted by atomic mass is 10.2. The van der Waals surface area contributed by atoms with Gasteiger partial charge in [-0.05, 0) is 62.2 Å². The first-order valence-corrected chi connectivity index (χ1v) is 11.0. The van der Waals surface area contributed by atoms with Gasteiger partial charge >= 0.3 is 0 Å². The number of hydrogen-bond donors (Lipinski definition) is 1. The standard InChI is InChI=1S/C21H27FN2O5S/c1-4-29-13-5-12-23-21(25)15-24(18-9-7-17(22)8-10-18)30(26,27)20-14-16(2)6-11-19(20)28-3/h6-11,14H,4-5,12-13,15H2,1-3H3,(H,23,25). The third kappa shape index (κ3) is 6.17. The van der Waals surface area contributed by atoms with E-state index in [0.717, 1.165) is 16.4 Å². The van der Waals surface area contributed by atoms with E-state index in [9.17, 15) is 17.6 Å². The predicted octanol–water partition coefficient (Wildman–Crippen LogP) is 2.88. The van der Waals surface area contributed by atoms with E-state index in [1.807, 2.05) is 6.92 Å². The summed E-state index contributed by atoms with van der Waals surface area (Å²) in [6.07, 6.45) is 0.606. The van der Waals surface area contributed by atoms with Gasteiger partial charge in [0.15, 0.2) is 0 Å². The highest BCUT2D eigenvalue weighted by molar-refractivity contribution is 7.93. The maximum absolute atomic E-state index is 13.5. The normalized spacial score (nSPS) is 11.2. The molecule has 2 aromatic rings. The first-order chi connectivity index (χ1) is 14.3. The Morgan fingerprint density at radius 3 is 2.50 bits per heavy atom. The summed E-state index contributed by atoms with van der Waals surface area (Å²) in [7, 11) is -2.79. The Balaban J connectivity index is 2.33. The van der Waals surface area contributed by atoms with Crippen LogP contribution in [-0.4, -0.2) is 47.7 Å². The van der Waals surface area contributed by atoms with Crippen molar-refractivity contribution in [3.8, 4) is 5.75 Å². The highest BCUT2D eigenvalue weighted by Gasteiger charge is 2.30. The molecule has 0 atom stereocenters. The first kappa shape index (κ1) is 23.6. The number of methoxy groups -OCH3 is 1. The number of nitrogens with one attached hydrogen (secondary N) is 1. The van der Waals surface area contributed by atoms with Gasteiger partial charge in [-0.2, -0.15) is 0 Å². The number of amides is 1. The van der Waals surface area contributed by atoms with Crippen molar-refractivity contribution in [3.05, 3.63) is 53.8 Å². The summed E-state index contributed by atoms with van der Waals surface area (Å²) in [6, 6.07) is 9.68. The lowest BCUT2D eigenvalue weighted by Gasteiger charge is -2.25. The van der Waals surface area contributed by atoms with E-state index >= 15 is 0 Å². The lowest BCUT2D eigenvalue weighted by Crippen LogP contribution is -2.41. The van der Waals surface area contributed by atoms with Crippen LogP contribution in [0.25, 0.3) is 0 Å². The monoisotopic (exact) mass is 438 g/mol. The summed E-state index contributed by atoms with van der Waals surface area (Å²) >= 11 is 0. The van der Waals surface area contributed by atoms with Gasteiger partial charge in [-0.3, -0.25) is 9.10 Å². The van der Waals surface area contributed by atoms with Crippen LogP contribution < -0.4 is 14.4 Å². The predicted molar refractivity (Wildman–Crippen MR) is 113 cm³/mol. The fourth-order valence-electron chi connectivity index (χ4n) is 2.76. The van der Waals surface area contributed by atoms with Gasteiger partial charge in [0, 0.05) is 19.8 Å². The highest BCUT2D eigenvalue weighted by Crippen LogP contribution is 2.30. The number of anilines is 1. The van der Waals surface area contributed by atoms with Crippen LogP contribution >= 0.6 is 0 Å². The number of sulfonamides is 1. The third-order valence-corrected chi connectivity index (χ3v) is 6.08. The van der Waals surface area contributed by atoms with Gasteiger partial charge in [0.05, 0.1) is 12.8 Å². The highest BCUT2D eigenvalue weighted by atomic mass is 32.2. The van der Waals surface area contributed by atoms with E-state index in [1.165, 1.54) is 25.3 Å². The second kappa shape index (κ2) is 10.9. The van der Waals surface area contributed by atoms with Crippen LogP contribution in [0.5, 0.6) is 5.75 Å². The van der Waals surface area contributed by atoms with Gasteiger partial charge in [-0.15, -0.1) is 0 Å². The first-order valence-electron chi connectivity index (χ1n) is 9.57. The molecule has 0 bridgehead atoms. The molecule has 0 aromatic heterocycles. The van der Waals surface area contributed by atoms with Crippen molar-refractivity contribution in [2.24, 2.45) is 0 Å². The van der Waals surface area contributed by atoms with E-state index in [4.69, 9.17) is 9.47 Å². The molecule has 30 heavy (non-hydrogen) atoms. The zero-order valence-corrected chi connectivity index (χ0v) is 18.2. The molecule has 0 aliphatic heterocycles. The molecule has 1 N–H and O–H groups in total. The molecule has 0 saturated heterocycles. The molecule has 0 radical (unpaired) electrons. The molecule has 1 amide bonds. The zero-order valence-electron chi connectivity index (χ0n) is 17.4. The molecule has 0 aliphatic carbocycles. The molecule has 164 valence electrons. The molecule has 0 saturated carbocycles. The van der Waals surface area contributed by atoms with Gasteiger partial charge in [0.1, 0.15) is 23.0 Å². The van der Waals surface area contributed by atoms with Crippen molar-refractivity contribution in [2.75, 3.05) is 37.7 Å². The number of hydrogen-bond acceptors (Lipinski definition) is 5. The van der Waals surface area contributed by atoms with E-state index in [-0.39, 0.29) is 16.3 Å². The SMILES string of the molecule is CCOCCCNC(=O)CN(c1ccc(F)cc1)S(=O)(=O)c1cc(C)ccc1OC. The van der Waals surface area contributed by atoms with Crippen LogP contribution in [-0.2, 0) is 19.6 Å². The Labute approximate surface area is 176 Å². The summed E-state index contributed by atoms with van der Waals surface area (Å²) in [5, 5.41) is 2.69. The van der Waals surface area contributed by atoms with Crippen molar-refractivity contribution in [1.82, 2.24) is 5.32 Å². The molecular formula is C21H27FN2O5S. The van der Waals surface area contributed by atoms with Crippen LogP contribution in [0.1, 0.15) is 18.9 Å². The average Bonchev–Trinajstić information content (AvgIpc) is 2.72. The molecular weight excluding hydrogens is 411 g/mol. The minimum Gasteiger partial charge on any atom is -0.495 e. The molecule has 0 spiro atoms. The van der Waals surface area contributed by atoms with Crippen LogP contribution in [0.15, 0.2) is 47.4 Å². The Morgan fingerprint density at radius 2 is 1.87 bits per heavy atom. The maximum atomic E-state index is 13.5. The summed E-state index contributed by atoms with van der Waals surface area (Å²) < 4.78 is 51.7. The quantitative estimate of drug-likeness (QED) is 0.546. The van der Waals surface area contributed by atoms with Crippen LogP contribution in [0.4, 0.5) is 10.1 Å². The second-order valence-corrected chi connectivity index (χ2v) is 8.37. The molecule has 0 heterocycles. The number of carbonyl (C=O) groups is 1. The number of ether oxygens (including phenoxy) is 2. The Morgan fingerprint density at radius 1 is 1.17 bits per heavy atom. The fourth-order valence-corrected chi connectivity index (χ4v) is 4.42. The van der Waals surface area contributed by atoms with Crippen molar-refractivity contribution in [2.45, 2.75) is 25.2 Å². The minimum atomic E-state index is -4.17. The molecule has 0 aliphatic rings. The van der Waals surface area contributed by atoms with E-state index in [1.54, 1.807) is 19.1 Å². The summed E-state index contributed by atoms with van der Waals surface area (Å²) in [6.45, 7) is 4.61. The summed E-state index contributed by atoms with van der Waals surface area (Å²) in [5.74, 6) is -0.833. The van der Waals surface area contributed by atoms with Crippen molar-refractivity contribution in [3.63, 3.8) is 0 Å². The topological polar surface area (TPSA) is 84.9 Å². The van der Waals surface area contributed by atoms with Crippen molar-refractivity contribution >= 4 is 21.6 Å². The number of carbonyl (C=O) groups excluding carboxylic acids is 1. The largest absolute Gasteiger partial charge is 0.495 e. The third-order valence-electron chi connectivity index (χ3n) is 4.28. The fraction of sp³-hybridized carbons (Fsp3) is 0.381. The number of nitrogens with zero attached hydrogens (tertiary/aromatic N) is 1. The van der Waals surface area contributed by atoms with Gasteiger partial charge in [0.2, 0.25) is 5.91 Å². The second-order valence-electron chi connectivity index (χ2n) is 6.54. The number of benzene rings is 2. The van der Waals surface area contributed by atoms with E-state index < -0.39 is 28.3 Å². The molecule has 0 unspecified atom stereocenters. The van der Waals surface area contributed by atoms with Crippen LogP contribution in [0.2, 0.25) is 0 Å². The number of halogens is 1. The minimum absolute atomic E-state index is 0.0709. The summed E-state index contributed by atoms with van der Waals surface area (Å²) in [5.41, 5.74) is 0.887. The number of aryl methyl sites for hydroxylation is 1. The Hall–Kier alpha value is -2.65. The van der Waals surface area contributed by atoms with E-state index in [2.05, 4.69) is 5.32 Å². The molecule has 0 fully saturated rings. The van der Waals surface area contributed by atoms with Gasteiger partial charge < -0.3 is 14.8 Å².